The number of halogens is 1. The molecule has 0 N–H and O–H groups in total. The predicted molar refractivity (Wildman–Crippen MR) is 140 cm³/mol. The number of amides is 1. The molecule has 2 aromatic heterocycles. The minimum atomic E-state index is -0.186. The normalized spacial score (nSPS) is 11.5. The highest BCUT2D eigenvalue weighted by atomic mass is 35.5. The van der Waals surface area contributed by atoms with E-state index in [1.165, 1.54) is 16.9 Å². The summed E-state index contributed by atoms with van der Waals surface area (Å²) in [5.41, 5.74) is 4.75. The highest BCUT2D eigenvalue weighted by Crippen LogP contribution is 2.35. The van der Waals surface area contributed by atoms with Gasteiger partial charge in [-0.1, -0.05) is 66.2 Å². The van der Waals surface area contributed by atoms with Crippen LogP contribution in [0, 0.1) is 20.8 Å². The van der Waals surface area contributed by atoms with Crippen molar-refractivity contribution in [2.24, 2.45) is 0 Å². The molecule has 0 aliphatic rings. The molecule has 2 aromatic carbocycles. The van der Waals surface area contributed by atoms with Crippen molar-refractivity contribution in [2.75, 3.05) is 31.1 Å². The molecule has 34 heavy (non-hydrogen) atoms. The Hall–Kier alpha value is -2.74. The first-order valence-corrected chi connectivity index (χ1v) is 12.7. The topological polar surface area (TPSA) is 62.5 Å². The molecule has 0 unspecified atom stereocenters. The summed E-state index contributed by atoms with van der Waals surface area (Å²) in [4.78, 5) is 23.0. The van der Waals surface area contributed by atoms with Gasteiger partial charge in [0.1, 0.15) is 17.0 Å². The average molecular weight is 497 g/mol. The summed E-state index contributed by atoms with van der Waals surface area (Å²) >= 11 is 7.98. The van der Waals surface area contributed by atoms with Crippen LogP contribution in [0.3, 0.4) is 0 Å². The minimum Gasteiger partial charge on any atom is -0.360 e. The van der Waals surface area contributed by atoms with Gasteiger partial charge in [-0.2, -0.15) is 0 Å². The number of carbonyl (C=O) groups is 1. The highest BCUT2D eigenvalue weighted by Gasteiger charge is 2.30. The Balaban J connectivity index is 1.81. The maximum absolute atomic E-state index is 14.1. The highest BCUT2D eigenvalue weighted by molar-refractivity contribution is 7.22. The predicted octanol–water partition coefficient (Wildman–Crippen LogP) is 6.52. The number of aryl methyl sites for hydroxylation is 3. The molecule has 4 aromatic rings. The van der Waals surface area contributed by atoms with Gasteiger partial charge in [-0.15, -0.1) is 0 Å². The number of anilines is 1. The lowest BCUT2D eigenvalue weighted by Crippen LogP contribution is -2.39. The molecule has 0 atom stereocenters. The molecule has 0 fully saturated rings. The average Bonchev–Trinajstić information content (AvgIpc) is 3.40. The van der Waals surface area contributed by atoms with Gasteiger partial charge < -0.3 is 9.42 Å². The van der Waals surface area contributed by atoms with Crippen molar-refractivity contribution < 1.29 is 9.32 Å². The van der Waals surface area contributed by atoms with Gasteiger partial charge in [-0.25, -0.2) is 4.98 Å². The number of fused-ring (bicyclic) bond motifs is 1. The molecular formula is C26H29ClN4O2S. The lowest BCUT2D eigenvalue weighted by atomic mass is 10.1. The third-order valence-electron chi connectivity index (χ3n) is 6.03. The van der Waals surface area contributed by atoms with Crippen molar-refractivity contribution in [1.82, 2.24) is 15.0 Å². The van der Waals surface area contributed by atoms with Gasteiger partial charge in [-0.3, -0.25) is 9.69 Å². The van der Waals surface area contributed by atoms with Crippen LogP contribution in [0.2, 0.25) is 5.02 Å². The summed E-state index contributed by atoms with van der Waals surface area (Å²) in [7, 11) is 0. The second-order valence-electron chi connectivity index (χ2n) is 8.35. The Kier molecular flexibility index (Phi) is 7.36. The summed E-state index contributed by atoms with van der Waals surface area (Å²) in [5, 5.41) is 5.40. The van der Waals surface area contributed by atoms with Crippen molar-refractivity contribution in [1.29, 1.82) is 0 Å². The van der Waals surface area contributed by atoms with E-state index < -0.39 is 0 Å². The van der Waals surface area contributed by atoms with Gasteiger partial charge in [0.05, 0.1) is 15.2 Å². The molecular weight excluding hydrogens is 468 g/mol. The molecule has 0 saturated carbocycles. The van der Waals surface area contributed by atoms with Crippen LogP contribution in [0.5, 0.6) is 0 Å². The molecule has 4 rings (SSSR count). The first kappa shape index (κ1) is 24.4. The van der Waals surface area contributed by atoms with Crippen LogP contribution >= 0.6 is 22.9 Å². The van der Waals surface area contributed by atoms with E-state index >= 15 is 0 Å². The van der Waals surface area contributed by atoms with E-state index in [9.17, 15) is 4.79 Å². The first-order chi connectivity index (χ1) is 16.3. The van der Waals surface area contributed by atoms with Crippen molar-refractivity contribution in [3.8, 4) is 11.3 Å². The monoisotopic (exact) mass is 496 g/mol. The van der Waals surface area contributed by atoms with Crippen LogP contribution < -0.4 is 4.90 Å². The second-order valence-corrected chi connectivity index (χ2v) is 9.77. The van der Waals surface area contributed by atoms with Crippen LogP contribution in [-0.2, 0) is 0 Å². The number of aromatic nitrogens is 2. The second kappa shape index (κ2) is 10.3. The van der Waals surface area contributed by atoms with E-state index in [0.29, 0.717) is 39.3 Å². The van der Waals surface area contributed by atoms with Gasteiger partial charge in [0.15, 0.2) is 5.13 Å². The molecule has 0 radical (unpaired) electrons. The van der Waals surface area contributed by atoms with Gasteiger partial charge in [0.25, 0.3) is 5.91 Å². The fourth-order valence-corrected chi connectivity index (χ4v) is 5.53. The molecule has 1 amide bonds. The number of hydrogen-bond donors (Lipinski definition) is 0. The third-order valence-corrected chi connectivity index (χ3v) is 7.39. The SMILES string of the molecule is CCN(CC)CCN(C(=O)c1c(-c2ccccc2Cl)noc1C)c1nc2c(C)cc(C)cc2s1. The number of hydrogen-bond acceptors (Lipinski definition) is 6. The summed E-state index contributed by atoms with van der Waals surface area (Å²) in [6.45, 7) is 13.2. The maximum Gasteiger partial charge on any atom is 0.266 e. The van der Waals surface area contributed by atoms with E-state index in [-0.39, 0.29) is 5.91 Å². The number of nitrogens with zero attached hydrogens (tertiary/aromatic N) is 4. The van der Waals surface area contributed by atoms with Gasteiger partial charge in [0, 0.05) is 18.7 Å². The Morgan fingerprint density at radius 1 is 1.09 bits per heavy atom. The number of likely N-dealkylation sites (N-methyl/N-ethyl adjacent to an activating group) is 1. The summed E-state index contributed by atoms with van der Waals surface area (Å²) < 4.78 is 6.56. The zero-order chi connectivity index (χ0) is 24.4. The third kappa shape index (κ3) is 4.73. The van der Waals surface area contributed by atoms with Gasteiger partial charge in [-0.05, 0) is 57.1 Å². The summed E-state index contributed by atoms with van der Waals surface area (Å²) in [6, 6.07) is 11.6. The quantitative estimate of drug-likeness (QED) is 0.278. The number of benzene rings is 2. The minimum absolute atomic E-state index is 0.186. The lowest BCUT2D eigenvalue weighted by molar-refractivity contribution is 0.0983. The first-order valence-electron chi connectivity index (χ1n) is 11.5. The smallest absolute Gasteiger partial charge is 0.266 e. The van der Waals surface area contributed by atoms with Crippen LogP contribution in [0.25, 0.3) is 21.5 Å². The standard InChI is InChI=1S/C26H29ClN4O2S/c1-6-30(7-2)12-13-31(26-28-23-17(4)14-16(3)15-21(23)34-26)25(32)22-18(5)33-29-24(22)19-10-8-9-11-20(19)27/h8-11,14-15H,6-7,12-13H2,1-5H3. The largest absolute Gasteiger partial charge is 0.360 e. The molecule has 178 valence electrons. The van der Waals surface area contributed by atoms with E-state index in [1.807, 2.05) is 18.2 Å². The Morgan fingerprint density at radius 3 is 2.53 bits per heavy atom. The van der Waals surface area contributed by atoms with E-state index in [2.05, 4.69) is 49.9 Å². The number of carbonyl (C=O) groups excluding carboxylic acids is 1. The number of thiazole rings is 1. The van der Waals surface area contributed by atoms with Crippen molar-refractivity contribution in [3.63, 3.8) is 0 Å². The van der Waals surface area contributed by atoms with E-state index in [4.69, 9.17) is 21.1 Å². The molecule has 6 nitrogen and oxygen atoms in total. The molecule has 0 aliphatic heterocycles. The van der Waals surface area contributed by atoms with Crippen LogP contribution in [0.15, 0.2) is 40.9 Å². The van der Waals surface area contributed by atoms with Gasteiger partial charge in [0.2, 0.25) is 0 Å². The Labute approximate surface area is 209 Å². The number of rotatable bonds is 8. The Bertz CT molecular complexity index is 1330. The van der Waals surface area contributed by atoms with Crippen molar-refractivity contribution in [2.45, 2.75) is 34.6 Å². The molecule has 0 spiro atoms. The zero-order valence-electron chi connectivity index (χ0n) is 20.2. The van der Waals surface area contributed by atoms with E-state index in [0.717, 1.165) is 35.4 Å². The van der Waals surface area contributed by atoms with E-state index in [1.54, 1.807) is 17.9 Å². The fraction of sp³-hybridized carbons (Fsp3) is 0.346. The molecule has 8 heteroatoms. The summed E-state index contributed by atoms with van der Waals surface area (Å²) in [5.74, 6) is 0.273. The Morgan fingerprint density at radius 2 is 1.82 bits per heavy atom. The summed E-state index contributed by atoms with van der Waals surface area (Å²) in [6.07, 6.45) is 0. The van der Waals surface area contributed by atoms with Crippen molar-refractivity contribution in [3.05, 3.63) is 63.9 Å². The molecule has 0 saturated heterocycles. The lowest BCUT2D eigenvalue weighted by Gasteiger charge is -2.24. The van der Waals surface area contributed by atoms with Gasteiger partial charge >= 0.3 is 0 Å². The molecule has 0 aliphatic carbocycles. The molecule has 2 heterocycles. The zero-order valence-corrected chi connectivity index (χ0v) is 21.8. The molecule has 0 bridgehead atoms. The van der Waals surface area contributed by atoms with Crippen molar-refractivity contribution >= 4 is 44.2 Å². The van der Waals surface area contributed by atoms with Crippen LogP contribution in [0.4, 0.5) is 5.13 Å². The van der Waals surface area contributed by atoms with Crippen LogP contribution in [0.1, 0.15) is 41.1 Å². The maximum atomic E-state index is 14.1. The van der Waals surface area contributed by atoms with Crippen LogP contribution in [-0.4, -0.2) is 47.1 Å². The fourth-order valence-electron chi connectivity index (χ4n) is 4.14.